The van der Waals surface area contributed by atoms with Crippen molar-refractivity contribution in [3.8, 4) is 0 Å². The minimum Gasteiger partial charge on any atom is -0.362 e. The van der Waals surface area contributed by atoms with E-state index >= 15 is 0 Å². The first-order chi connectivity index (χ1) is 15.9. The van der Waals surface area contributed by atoms with Gasteiger partial charge in [-0.2, -0.15) is 0 Å². The molecule has 0 atom stereocenters. The van der Waals surface area contributed by atoms with Gasteiger partial charge < -0.3 is 4.90 Å². The van der Waals surface area contributed by atoms with Crippen LogP contribution in [0.15, 0.2) is 78.5 Å². The molecule has 0 unspecified atom stereocenters. The lowest BCUT2D eigenvalue weighted by molar-refractivity contribution is -0.384. The van der Waals surface area contributed by atoms with Crippen molar-refractivity contribution in [2.24, 2.45) is 0 Å². The smallest absolute Gasteiger partial charge is 0.282 e. The number of nitro groups is 1. The number of amides is 2. The van der Waals surface area contributed by atoms with Crippen molar-refractivity contribution in [2.75, 3.05) is 11.4 Å². The Balaban J connectivity index is 1.62. The maximum absolute atomic E-state index is 13.9. The summed E-state index contributed by atoms with van der Waals surface area (Å²) in [5, 5.41) is 11.1. The zero-order valence-electron chi connectivity index (χ0n) is 17.4. The maximum Gasteiger partial charge on any atom is 0.282 e. The van der Waals surface area contributed by atoms with Crippen molar-refractivity contribution in [3.63, 3.8) is 0 Å². The standard InChI is InChI=1S/C25H18FN3O4/c26-19-6-3-7-21(14-19)28-24(30)22(17-8-10-20(11-9-17)29(32)33)23(25(28)31)27-13-12-16-4-1-2-5-18(16)15-27/h1-11,14H,12-13,15H2. The van der Waals surface area contributed by atoms with Crippen LogP contribution < -0.4 is 4.90 Å². The van der Waals surface area contributed by atoms with Crippen LogP contribution in [-0.2, 0) is 22.6 Å². The number of rotatable bonds is 4. The molecule has 0 fully saturated rings. The molecule has 0 saturated heterocycles. The third-order valence-electron chi connectivity index (χ3n) is 5.94. The molecular weight excluding hydrogens is 425 g/mol. The lowest BCUT2D eigenvalue weighted by atomic mass is 9.98. The third kappa shape index (κ3) is 3.55. The summed E-state index contributed by atoms with van der Waals surface area (Å²) in [4.78, 5) is 40.5. The van der Waals surface area contributed by atoms with Gasteiger partial charge in [0.15, 0.2) is 0 Å². The zero-order chi connectivity index (χ0) is 23.1. The number of hydrogen-bond acceptors (Lipinski definition) is 5. The summed E-state index contributed by atoms with van der Waals surface area (Å²) in [7, 11) is 0. The van der Waals surface area contributed by atoms with E-state index in [-0.39, 0.29) is 22.6 Å². The normalized spacial score (nSPS) is 15.8. The molecule has 3 aromatic carbocycles. The number of benzene rings is 3. The van der Waals surface area contributed by atoms with Gasteiger partial charge in [0.05, 0.1) is 16.2 Å². The topological polar surface area (TPSA) is 83.8 Å². The molecule has 0 aromatic heterocycles. The van der Waals surface area contributed by atoms with E-state index < -0.39 is 22.6 Å². The Morgan fingerprint density at radius 1 is 0.879 bits per heavy atom. The highest BCUT2D eigenvalue weighted by molar-refractivity contribution is 6.45. The lowest BCUT2D eigenvalue weighted by Gasteiger charge is -2.31. The summed E-state index contributed by atoms with van der Waals surface area (Å²) in [6.45, 7) is 0.969. The molecule has 0 radical (unpaired) electrons. The number of fused-ring (bicyclic) bond motifs is 1. The SMILES string of the molecule is O=C1C(c2ccc([N+](=O)[O-])cc2)=C(N2CCc3ccccc3C2)C(=O)N1c1cccc(F)c1. The molecule has 33 heavy (non-hydrogen) atoms. The molecule has 3 aromatic rings. The monoisotopic (exact) mass is 443 g/mol. The van der Waals surface area contributed by atoms with Gasteiger partial charge in [-0.15, -0.1) is 0 Å². The van der Waals surface area contributed by atoms with E-state index in [0.717, 1.165) is 16.5 Å². The fourth-order valence-corrected chi connectivity index (χ4v) is 4.36. The molecule has 7 nitrogen and oxygen atoms in total. The van der Waals surface area contributed by atoms with Crippen molar-refractivity contribution in [1.82, 2.24) is 4.90 Å². The quantitative estimate of drug-likeness (QED) is 0.345. The average Bonchev–Trinajstić information content (AvgIpc) is 3.08. The number of halogens is 1. The Labute approximate surface area is 188 Å². The first-order valence-electron chi connectivity index (χ1n) is 10.4. The lowest BCUT2D eigenvalue weighted by Crippen LogP contribution is -2.37. The van der Waals surface area contributed by atoms with E-state index in [4.69, 9.17) is 0 Å². The largest absolute Gasteiger partial charge is 0.362 e. The molecule has 2 aliphatic rings. The van der Waals surface area contributed by atoms with Crippen LogP contribution in [0, 0.1) is 15.9 Å². The number of nitrogens with zero attached hydrogens (tertiary/aromatic N) is 3. The molecule has 0 spiro atoms. The number of carbonyl (C=O) groups is 2. The minimum atomic E-state index is -0.590. The molecule has 164 valence electrons. The zero-order valence-corrected chi connectivity index (χ0v) is 17.4. The second-order valence-electron chi connectivity index (χ2n) is 7.89. The minimum absolute atomic E-state index is 0.119. The van der Waals surface area contributed by atoms with Crippen molar-refractivity contribution >= 4 is 28.8 Å². The summed E-state index contributed by atoms with van der Waals surface area (Å²) in [5.41, 5.74) is 3.02. The van der Waals surface area contributed by atoms with Crippen LogP contribution in [0.5, 0.6) is 0 Å². The van der Waals surface area contributed by atoms with E-state index in [9.17, 15) is 24.1 Å². The van der Waals surface area contributed by atoms with Gasteiger partial charge in [-0.25, -0.2) is 9.29 Å². The van der Waals surface area contributed by atoms with Gasteiger partial charge in [0, 0.05) is 25.2 Å². The molecule has 2 amide bonds. The third-order valence-corrected chi connectivity index (χ3v) is 5.94. The Morgan fingerprint density at radius 3 is 2.30 bits per heavy atom. The second kappa shape index (κ2) is 7.98. The molecule has 5 rings (SSSR count). The summed E-state index contributed by atoms with van der Waals surface area (Å²) in [6.07, 6.45) is 0.703. The van der Waals surface area contributed by atoms with Crippen LogP contribution in [0.4, 0.5) is 15.8 Å². The number of hydrogen-bond donors (Lipinski definition) is 0. The highest BCUT2D eigenvalue weighted by atomic mass is 19.1. The van der Waals surface area contributed by atoms with Crippen LogP contribution in [0.25, 0.3) is 5.57 Å². The molecule has 0 N–H and O–H groups in total. The Kier molecular flexibility index (Phi) is 4.97. The molecule has 8 heteroatoms. The number of anilines is 1. The number of nitro benzene ring substituents is 1. The molecular formula is C25H18FN3O4. The van der Waals surface area contributed by atoms with Crippen molar-refractivity contribution in [2.45, 2.75) is 13.0 Å². The van der Waals surface area contributed by atoms with Gasteiger partial charge in [0.25, 0.3) is 17.5 Å². The Bertz CT molecular complexity index is 1330. The van der Waals surface area contributed by atoms with Crippen molar-refractivity contribution in [1.29, 1.82) is 0 Å². The van der Waals surface area contributed by atoms with E-state index in [1.165, 1.54) is 48.0 Å². The second-order valence-corrected chi connectivity index (χ2v) is 7.89. The highest BCUT2D eigenvalue weighted by Gasteiger charge is 2.43. The average molecular weight is 443 g/mol. The van der Waals surface area contributed by atoms with Gasteiger partial charge in [0.2, 0.25) is 0 Å². The van der Waals surface area contributed by atoms with E-state index in [1.807, 2.05) is 29.2 Å². The van der Waals surface area contributed by atoms with Crippen LogP contribution >= 0.6 is 0 Å². The maximum atomic E-state index is 13.9. The predicted molar refractivity (Wildman–Crippen MR) is 119 cm³/mol. The molecule has 0 aliphatic carbocycles. The number of imide groups is 1. The molecule has 2 heterocycles. The van der Waals surface area contributed by atoms with Crippen LogP contribution in [0.3, 0.4) is 0 Å². The van der Waals surface area contributed by atoms with Crippen LogP contribution in [-0.4, -0.2) is 28.2 Å². The van der Waals surface area contributed by atoms with E-state index in [2.05, 4.69) is 0 Å². The highest BCUT2D eigenvalue weighted by Crippen LogP contribution is 2.37. The summed E-state index contributed by atoms with van der Waals surface area (Å²) >= 11 is 0. The summed E-state index contributed by atoms with van der Waals surface area (Å²) in [6, 6.07) is 18.8. The summed E-state index contributed by atoms with van der Waals surface area (Å²) in [5.74, 6) is -1.70. The van der Waals surface area contributed by atoms with Crippen molar-refractivity contribution < 1.29 is 18.9 Å². The van der Waals surface area contributed by atoms with Crippen LogP contribution in [0.1, 0.15) is 16.7 Å². The number of carbonyl (C=O) groups excluding carboxylic acids is 2. The Hall–Kier alpha value is -4.33. The van der Waals surface area contributed by atoms with Gasteiger partial charge in [-0.1, -0.05) is 30.3 Å². The molecule has 0 bridgehead atoms. The van der Waals surface area contributed by atoms with Crippen molar-refractivity contribution in [3.05, 3.63) is 111 Å². The van der Waals surface area contributed by atoms with Gasteiger partial charge in [-0.05, 0) is 53.4 Å². The number of non-ortho nitro benzene ring substituents is 1. The fourth-order valence-electron chi connectivity index (χ4n) is 4.36. The van der Waals surface area contributed by atoms with Crippen LogP contribution in [0.2, 0.25) is 0 Å². The van der Waals surface area contributed by atoms with Gasteiger partial charge in [0.1, 0.15) is 11.5 Å². The summed E-state index contributed by atoms with van der Waals surface area (Å²) < 4.78 is 13.9. The van der Waals surface area contributed by atoms with E-state index in [0.29, 0.717) is 25.1 Å². The first-order valence-corrected chi connectivity index (χ1v) is 10.4. The van der Waals surface area contributed by atoms with Gasteiger partial charge >= 0.3 is 0 Å². The Morgan fingerprint density at radius 2 is 1.61 bits per heavy atom. The molecule has 2 aliphatic heterocycles. The predicted octanol–water partition coefficient (Wildman–Crippen LogP) is 4.08. The first kappa shape index (κ1) is 20.6. The van der Waals surface area contributed by atoms with E-state index in [1.54, 1.807) is 0 Å². The van der Waals surface area contributed by atoms with Gasteiger partial charge in [-0.3, -0.25) is 19.7 Å². The molecule has 0 saturated carbocycles. The fraction of sp³-hybridized carbons (Fsp3) is 0.120.